The zero-order valence-electron chi connectivity index (χ0n) is 14.6. The molecule has 3 fully saturated rings. The van der Waals surface area contributed by atoms with E-state index in [1.807, 2.05) is 4.90 Å². The molecule has 1 aromatic rings. The molecule has 1 aromatic heterocycles. The standard InChI is InChI=1S/C18H28N4O/c1-18(2,3)22-16(13-4-5-13)12-15(19-22)17(23)21-10-8-20(9-11-21)14-6-7-14/h12-14H,4-11H2,1-3H3. The van der Waals surface area contributed by atoms with Gasteiger partial charge in [0.05, 0.1) is 5.54 Å². The molecule has 2 saturated carbocycles. The molecule has 2 heterocycles. The number of hydrogen-bond donors (Lipinski definition) is 0. The van der Waals surface area contributed by atoms with Crippen LogP contribution in [0.2, 0.25) is 0 Å². The van der Waals surface area contributed by atoms with Gasteiger partial charge in [-0.1, -0.05) is 0 Å². The van der Waals surface area contributed by atoms with E-state index in [0.717, 1.165) is 32.2 Å². The first-order valence-corrected chi connectivity index (χ1v) is 9.07. The number of carbonyl (C=O) groups is 1. The third kappa shape index (κ3) is 3.03. The van der Waals surface area contributed by atoms with Gasteiger partial charge >= 0.3 is 0 Å². The van der Waals surface area contributed by atoms with Crippen LogP contribution < -0.4 is 0 Å². The summed E-state index contributed by atoms with van der Waals surface area (Å²) in [6, 6.07) is 2.85. The van der Waals surface area contributed by atoms with Gasteiger partial charge in [0, 0.05) is 43.8 Å². The Kier molecular flexibility index (Phi) is 3.52. The lowest BCUT2D eigenvalue weighted by atomic mass is 10.1. The quantitative estimate of drug-likeness (QED) is 0.860. The highest BCUT2D eigenvalue weighted by Crippen LogP contribution is 2.41. The minimum atomic E-state index is -0.0683. The number of carbonyl (C=O) groups excluding carboxylic acids is 1. The summed E-state index contributed by atoms with van der Waals surface area (Å²) in [6.45, 7) is 10.2. The van der Waals surface area contributed by atoms with Crippen molar-refractivity contribution in [1.29, 1.82) is 0 Å². The van der Waals surface area contributed by atoms with Crippen LogP contribution in [0.4, 0.5) is 0 Å². The first-order valence-electron chi connectivity index (χ1n) is 9.07. The van der Waals surface area contributed by atoms with Crippen LogP contribution in [0.3, 0.4) is 0 Å². The number of amides is 1. The maximum atomic E-state index is 12.9. The number of aromatic nitrogens is 2. The molecule has 1 amide bonds. The Labute approximate surface area is 138 Å². The van der Waals surface area contributed by atoms with Crippen LogP contribution in [0.1, 0.15) is 68.6 Å². The highest BCUT2D eigenvalue weighted by atomic mass is 16.2. The second-order valence-electron chi connectivity index (χ2n) is 8.37. The van der Waals surface area contributed by atoms with E-state index in [1.54, 1.807) is 0 Å². The maximum absolute atomic E-state index is 12.9. The topological polar surface area (TPSA) is 41.4 Å². The van der Waals surface area contributed by atoms with Crippen molar-refractivity contribution in [2.75, 3.05) is 26.2 Å². The molecule has 2 aliphatic carbocycles. The Morgan fingerprint density at radius 2 is 1.74 bits per heavy atom. The van der Waals surface area contributed by atoms with E-state index in [2.05, 4.69) is 36.4 Å². The summed E-state index contributed by atoms with van der Waals surface area (Å²) in [5.41, 5.74) is 1.82. The Balaban J connectivity index is 1.50. The molecule has 0 spiro atoms. The summed E-state index contributed by atoms with van der Waals surface area (Å²) < 4.78 is 2.08. The number of hydrogen-bond acceptors (Lipinski definition) is 3. The molecule has 3 aliphatic rings. The molecule has 0 aromatic carbocycles. The average Bonchev–Trinajstić information content (AvgIpc) is 3.43. The molecular formula is C18H28N4O. The second-order valence-corrected chi connectivity index (χ2v) is 8.37. The molecule has 5 nitrogen and oxygen atoms in total. The Hall–Kier alpha value is -1.36. The van der Waals surface area contributed by atoms with E-state index in [0.29, 0.717) is 11.6 Å². The molecule has 5 heteroatoms. The summed E-state index contributed by atoms with van der Waals surface area (Å²) in [5.74, 6) is 0.723. The number of nitrogens with zero attached hydrogens (tertiary/aromatic N) is 4. The van der Waals surface area contributed by atoms with Crippen LogP contribution in [-0.4, -0.2) is 57.7 Å². The smallest absolute Gasteiger partial charge is 0.274 e. The largest absolute Gasteiger partial charge is 0.335 e. The second kappa shape index (κ2) is 5.33. The summed E-state index contributed by atoms with van der Waals surface area (Å²) in [4.78, 5) is 17.4. The fourth-order valence-electron chi connectivity index (χ4n) is 3.60. The van der Waals surface area contributed by atoms with Gasteiger partial charge in [-0.25, -0.2) is 0 Å². The van der Waals surface area contributed by atoms with E-state index in [9.17, 15) is 4.79 Å². The average molecular weight is 316 g/mol. The van der Waals surface area contributed by atoms with Crippen LogP contribution >= 0.6 is 0 Å². The van der Waals surface area contributed by atoms with Crippen LogP contribution in [0, 0.1) is 0 Å². The lowest BCUT2D eigenvalue weighted by Crippen LogP contribution is -2.49. The molecule has 23 heavy (non-hydrogen) atoms. The Bertz CT molecular complexity index is 599. The van der Waals surface area contributed by atoms with Gasteiger partial charge < -0.3 is 4.90 Å². The molecule has 0 unspecified atom stereocenters. The molecule has 1 aliphatic heterocycles. The monoisotopic (exact) mass is 316 g/mol. The summed E-state index contributed by atoms with van der Waals surface area (Å²) in [6.07, 6.45) is 5.15. The van der Waals surface area contributed by atoms with E-state index in [-0.39, 0.29) is 11.4 Å². The first-order chi connectivity index (χ1) is 10.9. The van der Waals surface area contributed by atoms with E-state index in [4.69, 9.17) is 5.10 Å². The summed E-state index contributed by atoms with van der Waals surface area (Å²) in [7, 11) is 0. The first kappa shape index (κ1) is 15.2. The van der Waals surface area contributed by atoms with Gasteiger partial charge in [0.1, 0.15) is 0 Å². The zero-order chi connectivity index (χ0) is 16.2. The van der Waals surface area contributed by atoms with Gasteiger partial charge in [0.2, 0.25) is 0 Å². The minimum absolute atomic E-state index is 0.0683. The Morgan fingerprint density at radius 1 is 1.09 bits per heavy atom. The van der Waals surface area contributed by atoms with Crippen LogP contribution in [0.15, 0.2) is 6.07 Å². The van der Waals surface area contributed by atoms with Gasteiger partial charge in [-0.05, 0) is 52.5 Å². The number of piperazine rings is 1. The fourth-order valence-corrected chi connectivity index (χ4v) is 3.60. The molecule has 4 rings (SSSR count). The van der Waals surface area contributed by atoms with Crippen molar-refractivity contribution in [3.63, 3.8) is 0 Å². The minimum Gasteiger partial charge on any atom is -0.335 e. The lowest BCUT2D eigenvalue weighted by molar-refractivity contribution is 0.0620. The molecule has 0 atom stereocenters. The van der Waals surface area contributed by atoms with Crippen molar-refractivity contribution in [1.82, 2.24) is 19.6 Å². The van der Waals surface area contributed by atoms with Gasteiger partial charge in [0.25, 0.3) is 5.91 Å². The van der Waals surface area contributed by atoms with Crippen LogP contribution in [0.5, 0.6) is 0 Å². The predicted octanol–water partition coefficient (Wildman–Crippen LogP) is 2.44. The third-order valence-corrected chi connectivity index (χ3v) is 5.25. The van der Waals surface area contributed by atoms with E-state index < -0.39 is 0 Å². The predicted molar refractivity (Wildman–Crippen MR) is 89.7 cm³/mol. The van der Waals surface area contributed by atoms with Crippen molar-refractivity contribution in [3.05, 3.63) is 17.5 Å². The molecule has 1 saturated heterocycles. The molecule has 0 radical (unpaired) electrons. The molecular weight excluding hydrogens is 288 g/mol. The van der Waals surface area contributed by atoms with E-state index >= 15 is 0 Å². The van der Waals surface area contributed by atoms with Gasteiger partial charge in [0.15, 0.2) is 5.69 Å². The highest BCUT2D eigenvalue weighted by molar-refractivity contribution is 5.92. The van der Waals surface area contributed by atoms with Gasteiger partial charge in [-0.2, -0.15) is 5.10 Å². The Morgan fingerprint density at radius 3 is 2.26 bits per heavy atom. The van der Waals surface area contributed by atoms with Crippen LogP contribution in [-0.2, 0) is 5.54 Å². The van der Waals surface area contributed by atoms with Crippen molar-refractivity contribution >= 4 is 5.91 Å². The van der Waals surface area contributed by atoms with Gasteiger partial charge in [-0.15, -0.1) is 0 Å². The highest BCUT2D eigenvalue weighted by Gasteiger charge is 2.35. The summed E-state index contributed by atoms with van der Waals surface area (Å²) >= 11 is 0. The normalized spacial score (nSPS) is 23.3. The third-order valence-electron chi connectivity index (χ3n) is 5.25. The zero-order valence-corrected chi connectivity index (χ0v) is 14.6. The maximum Gasteiger partial charge on any atom is 0.274 e. The fraction of sp³-hybridized carbons (Fsp3) is 0.778. The van der Waals surface area contributed by atoms with Gasteiger partial charge in [-0.3, -0.25) is 14.4 Å². The number of rotatable bonds is 3. The SMILES string of the molecule is CC(C)(C)n1nc(C(=O)N2CCN(C3CC3)CC2)cc1C1CC1. The molecule has 0 bridgehead atoms. The lowest BCUT2D eigenvalue weighted by Gasteiger charge is -2.34. The van der Waals surface area contributed by atoms with Crippen molar-refractivity contribution < 1.29 is 4.79 Å². The molecule has 0 N–H and O–H groups in total. The molecule has 126 valence electrons. The van der Waals surface area contributed by atoms with Crippen molar-refractivity contribution in [2.24, 2.45) is 0 Å². The van der Waals surface area contributed by atoms with Crippen LogP contribution in [0.25, 0.3) is 0 Å². The van der Waals surface area contributed by atoms with Crippen molar-refractivity contribution in [3.8, 4) is 0 Å². The summed E-state index contributed by atoms with van der Waals surface area (Å²) in [5, 5.41) is 4.70. The van der Waals surface area contributed by atoms with Crippen molar-refractivity contribution in [2.45, 2.75) is 64.0 Å². The van der Waals surface area contributed by atoms with E-state index in [1.165, 1.54) is 31.4 Å².